The van der Waals surface area contributed by atoms with E-state index in [1.807, 2.05) is 0 Å². The van der Waals surface area contributed by atoms with E-state index in [0.717, 1.165) is 12.8 Å². The van der Waals surface area contributed by atoms with Crippen LogP contribution in [0.25, 0.3) is 0 Å². The van der Waals surface area contributed by atoms with Gasteiger partial charge in [0.1, 0.15) is 0 Å². The van der Waals surface area contributed by atoms with Gasteiger partial charge in [0.25, 0.3) is 0 Å². The number of likely N-dealkylation sites (tertiary alicyclic amines) is 1. The summed E-state index contributed by atoms with van der Waals surface area (Å²) in [6.07, 6.45) is 1.06. The summed E-state index contributed by atoms with van der Waals surface area (Å²) in [5.74, 6) is 0.403. The molecular weight excluding hydrogens is 212 g/mol. The van der Waals surface area contributed by atoms with Crippen molar-refractivity contribution in [3.05, 3.63) is 0 Å². The second-order valence-electron chi connectivity index (χ2n) is 3.77. The summed E-state index contributed by atoms with van der Waals surface area (Å²) in [7, 11) is 2.72. The molecule has 0 bridgehead atoms. The van der Waals surface area contributed by atoms with Gasteiger partial charge in [0.15, 0.2) is 0 Å². The van der Waals surface area contributed by atoms with Gasteiger partial charge in [-0.2, -0.15) is 0 Å². The number of rotatable bonds is 2. The summed E-state index contributed by atoms with van der Waals surface area (Å²) in [6, 6.07) is 0. The molecule has 0 spiro atoms. The Morgan fingerprint density at radius 2 is 1.88 bits per heavy atom. The summed E-state index contributed by atoms with van der Waals surface area (Å²) in [5.41, 5.74) is 0. The molecular formula is C10H18N2O4. The number of nitrogens with zero attached hydrogens (tertiary/aromatic N) is 1. The number of hydrogen-bond acceptors (Lipinski definition) is 4. The molecule has 0 saturated carbocycles. The van der Waals surface area contributed by atoms with E-state index < -0.39 is 6.09 Å². The molecule has 1 aliphatic heterocycles. The molecule has 1 N–H and O–H groups in total. The average Bonchev–Trinajstić information content (AvgIpc) is 2.35. The van der Waals surface area contributed by atoms with Crippen LogP contribution in [-0.4, -0.2) is 50.9 Å². The highest BCUT2D eigenvalue weighted by Gasteiger charge is 2.23. The molecule has 6 nitrogen and oxygen atoms in total. The number of alkyl carbamates (subject to hydrolysis) is 1. The molecule has 0 aromatic carbocycles. The van der Waals surface area contributed by atoms with Crippen molar-refractivity contribution >= 4 is 12.2 Å². The molecule has 0 radical (unpaired) electrons. The van der Waals surface area contributed by atoms with Crippen molar-refractivity contribution < 1.29 is 19.1 Å². The fourth-order valence-electron chi connectivity index (χ4n) is 1.75. The van der Waals surface area contributed by atoms with E-state index in [9.17, 15) is 9.59 Å². The molecule has 1 aliphatic rings. The van der Waals surface area contributed by atoms with Crippen LogP contribution in [0.3, 0.4) is 0 Å². The maximum absolute atomic E-state index is 11.2. The number of nitrogens with one attached hydrogen (secondary N) is 1. The van der Waals surface area contributed by atoms with Crippen LogP contribution in [0.2, 0.25) is 0 Å². The second kappa shape index (κ2) is 6.19. The number of ether oxygens (including phenoxy) is 2. The van der Waals surface area contributed by atoms with Gasteiger partial charge in [-0.25, -0.2) is 9.59 Å². The Morgan fingerprint density at radius 1 is 1.25 bits per heavy atom. The van der Waals surface area contributed by atoms with Gasteiger partial charge in [-0.3, -0.25) is 0 Å². The molecule has 6 heteroatoms. The van der Waals surface area contributed by atoms with Crippen LogP contribution in [0.15, 0.2) is 0 Å². The summed E-state index contributed by atoms with van der Waals surface area (Å²) in [6.45, 7) is 1.96. The van der Waals surface area contributed by atoms with Crippen molar-refractivity contribution in [2.24, 2.45) is 5.92 Å². The number of hydrogen-bond donors (Lipinski definition) is 1. The molecule has 1 rings (SSSR count). The third-order valence-corrected chi connectivity index (χ3v) is 2.77. The maximum Gasteiger partial charge on any atom is 0.409 e. The van der Waals surface area contributed by atoms with Crippen molar-refractivity contribution in [2.75, 3.05) is 33.9 Å². The van der Waals surface area contributed by atoms with E-state index in [-0.39, 0.29) is 6.09 Å². The van der Waals surface area contributed by atoms with Gasteiger partial charge in [-0.15, -0.1) is 0 Å². The minimum absolute atomic E-state index is 0.278. The third kappa shape index (κ3) is 3.60. The lowest BCUT2D eigenvalue weighted by atomic mass is 9.97. The highest BCUT2D eigenvalue weighted by molar-refractivity contribution is 5.67. The Morgan fingerprint density at radius 3 is 2.38 bits per heavy atom. The molecule has 1 saturated heterocycles. The molecule has 0 atom stereocenters. The lowest BCUT2D eigenvalue weighted by Gasteiger charge is -2.30. The molecule has 0 aliphatic carbocycles. The van der Waals surface area contributed by atoms with Gasteiger partial charge >= 0.3 is 12.2 Å². The zero-order valence-electron chi connectivity index (χ0n) is 9.69. The van der Waals surface area contributed by atoms with Crippen molar-refractivity contribution in [1.82, 2.24) is 10.2 Å². The van der Waals surface area contributed by atoms with Gasteiger partial charge in [0, 0.05) is 19.6 Å². The SMILES string of the molecule is COC(=O)NCC1CCN(C(=O)OC)CC1. The van der Waals surface area contributed by atoms with Crippen molar-refractivity contribution in [2.45, 2.75) is 12.8 Å². The molecule has 0 aromatic rings. The van der Waals surface area contributed by atoms with E-state index in [1.54, 1.807) is 4.90 Å². The fourth-order valence-corrected chi connectivity index (χ4v) is 1.75. The fraction of sp³-hybridized carbons (Fsp3) is 0.800. The molecule has 92 valence electrons. The number of methoxy groups -OCH3 is 2. The van der Waals surface area contributed by atoms with E-state index in [0.29, 0.717) is 25.6 Å². The standard InChI is InChI=1S/C10H18N2O4/c1-15-9(13)11-7-8-3-5-12(6-4-8)10(14)16-2/h8H,3-7H2,1-2H3,(H,11,13). The van der Waals surface area contributed by atoms with Crippen LogP contribution < -0.4 is 5.32 Å². The van der Waals surface area contributed by atoms with Crippen molar-refractivity contribution in [3.63, 3.8) is 0 Å². The van der Waals surface area contributed by atoms with Crippen LogP contribution in [0.4, 0.5) is 9.59 Å². The third-order valence-electron chi connectivity index (χ3n) is 2.77. The number of piperidine rings is 1. The minimum Gasteiger partial charge on any atom is -0.453 e. The van der Waals surface area contributed by atoms with Gasteiger partial charge in [0.05, 0.1) is 14.2 Å². The normalized spacial score (nSPS) is 16.8. The largest absolute Gasteiger partial charge is 0.453 e. The summed E-state index contributed by atoms with van der Waals surface area (Å²) in [4.78, 5) is 23.7. The number of amides is 2. The second-order valence-corrected chi connectivity index (χ2v) is 3.77. The topological polar surface area (TPSA) is 67.9 Å². The zero-order chi connectivity index (χ0) is 12.0. The molecule has 1 fully saturated rings. The Kier molecular flexibility index (Phi) is 4.88. The molecule has 1 heterocycles. The Balaban J connectivity index is 2.22. The van der Waals surface area contributed by atoms with Crippen LogP contribution >= 0.6 is 0 Å². The van der Waals surface area contributed by atoms with E-state index >= 15 is 0 Å². The first-order chi connectivity index (χ1) is 7.67. The quantitative estimate of drug-likeness (QED) is 0.762. The lowest BCUT2D eigenvalue weighted by Crippen LogP contribution is -2.41. The van der Waals surface area contributed by atoms with Crippen LogP contribution in [-0.2, 0) is 9.47 Å². The Bertz CT molecular complexity index is 249. The first-order valence-corrected chi connectivity index (χ1v) is 5.32. The molecule has 2 amide bonds. The highest BCUT2D eigenvalue weighted by atomic mass is 16.5. The maximum atomic E-state index is 11.2. The van der Waals surface area contributed by atoms with Gasteiger partial charge in [-0.1, -0.05) is 0 Å². The van der Waals surface area contributed by atoms with Crippen molar-refractivity contribution in [3.8, 4) is 0 Å². The summed E-state index contributed by atoms with van der Waals surface area (Å²) >= 11 is 0. The first kappa shape index (κ1) is 12.6. The van der Waals surface area contributed by atoms with Crippen LogP contribution in [0, 0.1) is 5.92 Å². The highest BCUT2D eigenvalue weighted by Crippen LogP contribution is 2.16. The number of carbonyl (C=O) groups excluding carboxylic acids is 2. The van der Waals surface area contributed by atoms with Crippen molar-refractivity contribution in [1.29, 1.82) is 0 Å². The minimum atomic E-state index is -0.407. The van der Waals surface area contributed by atoms with E-state index in [2.05, 4.69) is 14.8 Å². The molecule has 16 heavy (non-hydrogen) atoms. The smallest absolute Gasteiger partial charge is 0.409 e. The Labute approximate surface area is 94.9 Å². The van der Waals surface area contributed by atoms with Gasteiger partial charge in [-0.05, 0) is 18.8 Å². The van der Waals surface area contributed by atoms with Crippen LogP contribution in [0.1, 0.15) is 12.8 Å². The molecule has 0 unspecified atom stereocenters. The predicted octanol–water partition coefficient (Wildman–Crippen LogP) is 0.821. The number of carbonyl (C=O) groups is 2. The molecule has 0 aromatic heterocycles. The lowest BCUT2D eigenvalue weighted by molar-refractivity contribution is 0.105. The van der Waals surface area contributed by atoms with Gasteiger partial charge < -0.3 is 19.7 Å². The first-order valence-electron chi connectivity index (χ1n) is 5.32. The summed E-state index contributed by atoms with van der Waals surface area (Å²) < 4.78 is 9.12. The van der Waals surface area contributed by atoms with Crippen LogP contribution in [0.5, 0.6) is 0 Å². The summed E-state index contributed by atoms with van der Waals surface area (Å²) in [5, 5.41) is 2.66. The van der Waals surface area contributed by atoms with Gasteiger partial charge in [0.2, 0.25) is 0 Å². The predicted molar refractivity (Wildman–Crippen MR) is 57.1 cm³/mol. The zero-order valence-corrected chi connectivity index (χ0v) is 9.69. The van der Waals surface area contributed by atoms with E-state index in [4.69, 9.17) is 0 Å². The Hall–Kier alpha value is -1.46. The average molecular weight is 230 g/mol. The van der Waals surface area contributed by atoms with E-state index in [1.165, 1.54) is 14.2 Å². The monoisotopic (exact) mass is 230 g/mol.